The maximum Gasteiger partial charge on any atom is 0.243 e. The zero-order chi connectivity index (χ0) is 23.3. The molecule has 0 unspecified atom stereocenters. The lowest BCUT2D eigenvalue weighted by atomic mass is 10.2. The highest BCUT2D eigenvalue weighted by Crippen LogP contribution is 2.25. The highest BCUT2D eigenvalue weighted by molar-refractivity contribution is 7.89. The Balaban J connectivity index is 1.35. The Kier molecular flexibility index (Phi) is 7.12. The van der Waals surface area contributed by atoms with E-state index in [1.807, 2.05) is 36.4 Å². The van der Waals surface area contributed by atoms with Gasteiger partial charge in [0.1, 0.15) is 17.3 Å². The minimum absolute atomic E-state index is 0.150. The Morgan fingerprint density at radius 3 is 2.55 bits per heavy atom. The molecule has 8 nitrogen and oxygen atoms in total. The fourth-order valence-electron chi connectivity index (χ4n) is 3.55. The van der Waals surface area contributed by atoms with Gasteiger partial charge in [0, 0.05) is 37.2 Å². The number of aryl methyl sites for hydroxylation is 1. The molecule has 0 saturated carbocycles. The Hall–Kier alpha value is -3.14. The van der Waals surface area contributed by atoms with Gasteiger partial charge < -0.3 is 19.2 Å². The Labute approximate surface area is 193 Å². The number of nitrogens with zero attached hydrogens (tertiary/aromatic N) is 1. The van der Waals surface area contributed by atoms with Crippen molar-refractivity contribution >= 4 is 21.6 Å². The lowest BCUT2D eigenvalue weighted by molar-refractivity contribution is -0.116. The van der Waals surface area contributed by atoms with Crippen molar-refractivity contribution in [3.63, 3.8) is 0 Å². The van der Waals surface area contributed by atoms with Crippen molar-refractivity contribution in [3.05, 3.63) is 66.4 Å². The van der Waals surface area contributed by atoms with Crippen LogP contribution in [-0.2, 0) is 26.0 Å². The number of rotatable bonds is 8. The molecule has 2 heterocycles. The molecule has 1 aliphatic rings. The first-order valence-electron chi connectivity index (χ1n) is 10.7. The van der Waals surface area contributed by atoms with Crippen molar-refractivity contribution in [2.45, 2.75) is 17.7 Å². The normalized spacial score (nSPS) is 14.7. The summed E-state index contributed by atoms with van der Waals surface area (Å²) in [6, 6.07) is 17.6. The van der Waals surface area contributed by atoms with E-state index in [0.717, 1.165) is 11.3 Å². The molecule has 0 radical (unpaired) electrons. The standard InChI is InChI=1S/C24H26N2O6S/c1-30-20-7-5-18(6-8-20)23-11-9-21(32-23)10-12-24(27)25-19-3-2-4-22(17-19)33(28,29)26-13-15-31-16-14-26/h2-9,11,17H,10,12-16H2,1H3,(H,25,27). The van der Waals surface area contributed by atoms with Crippen molar-refractivity contribution in [3.8, 4) is 17.1 Å². The van der Waals surface area contributed by atoms with Gasteiger partial charge in [-0.05, 0) is 54.6 Å². The molecule has 0 aliphatic carbocycles. The molecule has 1 aliphatic heterocycles. The van der Waals surface area contributed by atoms with E-state index >= 15 is 0 Å². The summed E-state index contributed by atoms with van der Waals surface area (Å²) in [5.74, 6) is 1.95. The summed E-state index contributed by atoms with van der Waals surface area (Å²) in [4.78, 5) is 12.6. The fraction of sp³-hybridized carbons (Fsp3) is 0.292. The van der Waals surface area contributed by atoms with Crippen LogP contribution in [0, 0.1) is 0 Å². The fourth-order valence-corrected chi connectivity index (χ4v) is 5.01. The van der Waals surface area contributed by atoms with Gasteiger partial charge in [-0.3, -0.25) is 4.79 Å². The number of sulfonamides is 1. The van der Waals surface area contributed by atoms with Crippen LogP contribution in [0.25, 0.3) is 11.3 Å². The van der Waals surface area contributed by atoms with E-state index in [-0.39, 0.29) is 17.2 Å². The van der Waals surface area contributed by atoms with E-state index in [0.29, 0.717) is 49.9 Å². The number of ether oxygens (including phenoxy) is 2. The van der Waals surface area contributed by atoms with Crippen LogP contribution in [-0.4, -0.2) is 52.0 Å². The van der Waals surface area contributed by atoms with Crippen molar-refractivity contribution < 1.29 is 27.1 Å². The zero-order valence-corrected chi connectivity index (χ0v) is 19.1. The number of methoxy groups -OCH3 is 1. The van der Waals surface area contributed by atoms with Gasteiger partial charge in [-0.1, -0.05) is 6.07 Å². The lowest BCUT2D eigenvalue weighted by Crippen LogP contribution is -2.40. The molecule has 0 atom stereocenters. The van der Waals surface area contributed by atoms with Crippen LogP contribution in [0.15, 0.2) is 70.0 Å². The van der Waals surface area contributed by atoms with E-state index in [9.17, 15) is 13.2 Å². The number of hydrogen-bond acceptors (Lipinski definition) is 6. The summed E-state index contributed by atoms with van der Waals surface area (Å²) in [6.07, 6.45) is 0.629. The number of morpholine rings is 1. The molecule has 174 valence electrons. The van der Waals surface area contributed by atoms with Crippen molar-refractivity contribution in [2.24, 2.45) is 0 Å². The first-order chi connectivity index (χ1) is 16.0. The molecule has 4 rings (SSSR count). The van der Waals surface area contributed by atoms with E-state index in [1.54, 1.807) is 19.2 Å². The van der Waals surface area contributed by atoms with Crippen molar-refractivity contribution in [2.75, 3.05) is 38.7 Å². The predicted octanol–water partition coefficient (Wildman–Crippen LogP) is 3.55. The molecule has 0 bridgehead atoms. The summed E-state index contributed by atoms with van der Waals surface area (Å²) < 4.78 is 43.3. The van der Waals surface area contributed by atoms with Gasteiger partial charge in [-0.2, -0.15) is 4.31 Å². The Bertz CT molecular complexity index is 1200. The molecule has 9 heteroatoms. The van der Waals surface area contributed by atoms with E-state index in [4.69, 9.17) is 13.9 Å². The van der Waals surface area contributed by atoms with E-state index in [1.165, 1.54) is 16.4 Å². The summed E-state index contributed by atoms with van der Waals surface area (Å²) in [6.45, 7) is 1.40. The van der Waals surface area contributed by atoms with Gasteiger partial charge >= 0.3 is 0 Å². The van der Waals surface area contributed by atoms with Gasteiger partial charge in [0.05, 0.1) is 25.2 Å². The number of furan rings is 1. The van der Waals surface area contributed by atoms with Gasteiger partial charge in [-0.25, -0.2) is 8.42 Å². The van der Waals surface area contributed by atoms with Crippen LogP contribution in [0.1, 0.15) is 12.2 Å². The van der Waals surface area contributed by atoms with Gasteiger partial charge in [0.15, 0.2) is 0 Å². The van der Waals surface area contributed by atoms with Gasteiger partial charge in [-0.15, -0.1) is 0 Å². The minimum Gasteiger partial charge on any atom is -0.497 e. The number of nitrogens with one attached hydrogen (secondary N) is 1. The predicted molar refractivity (Wildman–Crippen MR) is 124 cm³/mol. The molecule has 1 amide bonds. The third-order valence-corrected chi connectivity index (χ3v) is 7.25. The quantitative estimate of drug-likeness (QED) is 0.541. The minimum atomic E-state index is -3.62. The van der Waals surface area contributed by atoms with Crippen LogP contribution in [0.4, 0.5) is 5.69 Å². The Morgan fingerprint density at radius 2 is 1.82 bits per heavy atom. The zero-order valence-electron chi connectivity index (χ0n) is 18.3. The van der Waals surface area contributed by atoms with Crippen molar-refractivity contribution in [1.29, 1.82) is 0 Å². The first-order valence-corrected chi connectivity index (χ1v) is 12.1. The molecular formula is C24H26N2O6S. The third kappa shape index (κ3) is 5.62. The summed E-state index contributed by atoms with van der Waals surface area (Å²) in [5.41, 5.74) is 1.36. The van der Waals surface area contributed by atoms with Crippen LogP contribution >= 0.6 is 0 Å². The smallest absolute Gasteiger partial charge is 0.243 e. The molecule has 1 aromatic heterocycles. The molecule has 1 N–H and O–H groups in total. The van der Waals surface area contributed by atoms with Crippen LogP contribution in [0.2, 0.25) is 0 Å². The summed E-state index contributed by atoms with van der Waals surface area (Å²) >= 11 is 0. The van der Waals surface area contributed by atoms with Crippen LogP contribution in [0.5, 0.6) is 5.75 Å². The summed E-state index contributed by atoms with van der Waals surface area (Å²) in [7, 11) is -2.01. The molecule has 1 fully saturated rings. The van der Waals surface area contributed by atoms with E-state index in [2.05, 4.69) is 5.32 Å². The number of hydrogen-bond donors (Lipinski definition) is 1. The van der Waals surface area contributed by atoms with Crippen LogP contribution < -0.4 is 10.1 Å². The van der Waals surface area contributed by atoms with Gasteiger partial charge in [0.25, 0.3) is 0 Å². The molecule has 2 aromatic carbocycles. The highest BCUT2D eigenvalue weighted by Gasteiger charge is 2.26. The number of benzene rings is 2. The van der Waals surface area contributed by atoms with Gasteiger partial charge in [0.2, 0.25) is 15.9 Å². The van der Waals surface area contributed by atoms with Crippen LogP contribution in [0.3, 0.4) is 0 Å². The molecule has 1 saturated heterocycles. The second-order valence-electron chi connectivity index (χ2n) is 7.59. The molecule has 0 spiro atoms. The second kappa shape index (κ2) is 10.2. The first kappa shape index (κ1) is 23.0. The second-order valence-corrected chi connectivity index (χ2v) is 9.52. The maximum atomic E-state index is 12.8. The average molecular weight is 471 g/mol. The lowest BCUT2D eigenvalue weighted by Gasteiger charge is -2.26. The number of amides is 1. The highest BCUT2D eigenvalue weighted by atomic mass is 32.2. The van der Waals surface area contributed by atoms with E-state index < -0.39 is 10.0 Å². The topological polar surface area (TPSA) is 98.1 Å². The number of anilines is 1. The maximum absolute atomic E-state index is 12.8. The molecular weight excluding hydrogens is 444 g/mol. The number of carbonyl (C=O) groups is 1. The summed E-state index contributed by atoms with van der Waals surface area (Å²) in [5, 5.41) is 2.78. The average Bonchev–Trinajstić information content (AvgIpc) is 3.33. The molecule has 33 heavy (non-hydrogen) atoms. The van der Waals surface area contributed by atoms with Crippen molar-refractivity contribution in [1.82, 2.24) is 4.31 Å². The largest absolute Gasteiger partial charge is 0.497 e. The SMILES string of the molecule is COc1ccc(-c2ccc(CCC(=O)Nc3cccc(S(=O)(=O)N4CCOCC4)c3)o2)cc1. The molecule has 3 aromatic rings. The Morgan fingerprint density at radius 1 is 1.06 bits per heavy atom. The number of carbonyl (C=O) groups excluding carboxylic acids is 1. The monoisotopic (exact) mass is 470 g/mol. The third-order valence-electron chi connectivity index (χ3n) is 5.36.